The van der Waals surface area contributed by atoms with Crippen molar-refractivity contribution in [3.63, 3.8) is 0 Å². The molecular weight excluding hydrogens is 640 g/mol. The van der Waals surface area contributed by atoms with E-state index in [1.54, 1.807) is 0 Å². The first-order chi connectivity index (χ1) is 19.3. The van der Waals surface area contributed by atoms with Gasteiger partial charge < -0.3 is 30.3 Å². The standard InChI is InChI=1S/C25H24F6P.C5H5.C4H11P.Fe/c1-23(2,3)16-15-17-5-4-6-22(17)32(20-11-7-18(8-12-20)24(26,27)28)21-13-9-19(10-14-21)25(29,30)31;1-2-4-5-3-1;1-4(2,3)5;/h4-14H,15-16H2,1-3H3;1-5H;5H2,1-3H3;/q-1;-5;;. The van der Waals surface area contributed by atoms with Crippen molar-refractivity contribution >= 4 is 33.1 Å². The molecule has 0 spiro atoms. The van der Waals surface area contributed by atoms with E-state index in [0.717, 1.165) is 48.0 Å². The summed E-state index contributed by atoms with van der Waals surface area (Å²) < 4.78 is 78.3. The fraction of sp³-hybridized carbons (Fsp3) is 0.353. The summed E-state index contributed by atoms with van der Waals surface area (Å²) in [6.07, 6.45) is -7.21. The van der Waals surface area contributed by atoms with Crippen LogP contribution in [-0.2, 0) is 35.8 Å². The van der Waals surface area contributed by atoms with Crippen molar-refractivity contribution in [1.82, 2.24) is 0 Å². The summed E-state index contributed by atoms with van der Waals surface area (Å²) >= 11 is 0. The van der Waals surface area contributed by atoms with Gasteiger partial charge in [0, 0.05) is 17.1 Å². The second-order valence-electron chi connectivity index (χ2n) is 12.2. The largest absolute Gasteiger partial charge is 0.748 e. The molecule has 0 nitrogen and oxygen atoms in total. The van der Waals surface area contributed by atoms with Crippen LogP contribution in [0.15, 0.2) is 97.1 Å². The first-order valence-corrected chi connectivity index (χ1v) is 15.5. The maximum absolute atomic E-state index is 13.0. The first-order valence-electron chi connectivity index (χ1n) is 13.6. The number of aryl methyl sites for hydroxylation is 1. The van der Waals surface area contributed by atoms with E-state index in [1.807, 2.05) is 48.5 Å². The molecule has 0 aliphatic rings. The van der Waals surface area contributed by atoms with Gasteiger partial charge in [0.15, 0.2) is 0 Å². The third-order valence-corrected chi connectivity index (χ3v) is 8.27. The minimum Gasteiger partial charge on any atom is -0.748 e. The van der Waals surface area contributed by atoms with Gasteiger partial charge in [0.25, 0.3) is 0 Å². The monoisotopic (exact) mass is 680 g/mol. The summed E-state index contributed by atoms with van der Waals surface area (Å²) in [6, 6.07) is 25.7. The molecule has 0 bridgehead atoms. The zero-order chi connectivity index (χ0) is 31.8. The zero-order valence-corrected chi connectivity index (χ0v) is 28.5. The summed E-state index contributed by atoms with van der Waals surface area (Å²) in [5.41, 5.74) is -0.330. The molecule has 242 valence electrons. The molecule has 0 saturated carbocycles. The molecule has 0 fully saturated rings. The number of hydrogen-bond donors (Lipinski definition) is 0. The van der Waals surface area contributed by atoms with Crippen LogP contribution < -0.4 is 15.9 Å². The van der Waals surface area contributed by atoms with E-state index in [1.165, 1.54) is 24.3 Å². The van der Waals surface area contributed by atoms with Crippen LogP contribution >= 0.6 is 17.2 Å². The Morgan fingerprint density at radius 1 is 0.651 bits per heavy atom. The third-order valence-electron chi connectivity index (χ3n) is 5.73. The molecule has 43 heavy (non-hydrogen) atoms. The molecule has 0 saturated heterocycles. The third kappa shape index (κ3) is 14.6. The van der Waals surface area contributed by atoms with Gasteiger partial charge in [0.05, 0.1) is 11.1 Å². The topological polar surface area (TPSA) is 0 Å². The van der Waals surface area contributed by atoms with E-state index >= 15 is 0 Å². The number of alkyl halides is 6. The minimum atomic E-state index is -4.45. The van der Waals surface area contributed by atoms with Crippen molar-refractivity contribution in [3.8, 4) is 0 Å². The Morgan fingerprint density at radius 3 is 1.30 bits per heavy atom. The number of halogens is 6. The van der Waals surface area contributed by atoms with Gasteiger partial charge in [0.2, 0.25) is 0 Å². The van der Waals surface area contributed by atoms with Gasteiger partial charge in [-0.3, -0.25) is 0 Å². The summed E-state index contributed by atoms with van der Waals surface area (Å²) in [6.45, 7) is 12.8. The second-order valence-corrected chi connectivity index (χ2v) is 16.2. The van der Waals surface area contributed by atoms with E-state index in [-0.39, 0.29) is 22.5 Å². The van der Waals surface area contributed by atoms with Gasteiger partial charge in [-0.05, 0) is 53.4 Å². The van der Waals surface area contributed by atoms with Crippen LogP contribution in [-0.4, -0.2) is 5.16 Å². The molecule has 0 radical (unpaired) electrons. The number of benzene rings is 2. The zero-order valence-electron chi connectivity index (χ0n) is 25.3. The first kappa shape index (κ1) is 39.1. The van der Waals surface area contributed by atoms with Crippen molar-refractivity contribution in [2.75, 3.05) is 0 Å². The van der Waals surface area contributed by atoms with Gasteiger partial charge in [0.1, 0.15) is 0 Å². The van der Waals surface area contributed by atoms with Gasteiger partial charge in [-0.1, -0.05) is 78.6 Å². The normalized spacial score (nSPS) is 12.0. The van der Waals surface area contributed by atoms with Crippen LogP contribution in [0.2, 0.25) is 0 Å². The summed E-state index contributed by atoms with van der Waals surface area (Å²) in [7, 11) is 1.41. The van der Waals surface area contributed by atoms with Crippen LogP contribution in [0.5, 0.6) is 0 Å². The second kappa shape index (κ2) is 16.4. The maximum atomic E-state index is 13.0. The molecule has 1 unspecified atom stereocenters. The summed E-state index contributed by atoms with van der Waals surface area (Å²) in [4.78, 5) is 0. The molecule has 0 aromatic heterocycles. The van der Waals surface area contributed by atoms with E-state index in [0.29, 0.717) is 15.8 Å². The average Bonchev–Trinajstić information content (AvgIpc) is 3.57. The molecule has 4 rings (SSSR count). The van der Waals surface area contributed by atoms with Crippen molar-refractivity contribution < 1.29 is 43.4 Å². The summed E-state index contributed by atoms with van der Waals surface area (Å²) in [5.74, 6) is 0. The molecule has 0 amide bonds. The molecular formula is C34H40F6FeP2-6. The average molecular weight is 680 g/mol. The Kier molecular flexibility index (Phi) is 14.9. The molecule has 4 aromatic rings. The van der Waals surface area contributed by atoms with Crippen LogP contribution in [0.1, 0.15) is 64.7 Å². The Balaban J connectivity index is 0.000000715. The van der Waals surface area contributed by atoms with Crippen LogP contribution in [0, 0.1) is 5.41 Å². The molecule has 1 atom stereocenters. The molecule has 0 N–H and O–H groups in total. The maximum Gasteiger partial charge on any atom is 0.416 e. The van der Waals surface area contributed by atoms with Crippen molar-refractivity contribution in [2.45, 2.75) is 71.9 Å². The Bertz CT molecular complexity index is 1230. The molecule has 0 aliphatic heterocycles. The van der Waals surface area contributed by atoms with Crippen LogP contribution in [0.3, 0.4) is 0 Å². The fourth-order valence-electron chi connectivity index (χ4n) is 3.73. The number of rotatable bonds is 5. The van der Waals surface area contributed by atoms with Crippen LogP contribution in [0.4, 0.5) is 26.3 Å². The molecule has 0 aliphatic carbocycles. The van der Waals surface area contributed by atoms with E-state index < -0.39 is 31.4 Å². The Labute approximate surface area is 266 Å². The van der Waals surface area contributed by atoms with Crippen LogP contribution in [0.25, 0.3) is 0 Å². The van der Waals surface area contributed by atoms with Crippen molar-refractivity contribution in [2.24, 2.45) is 5.41 Å². The minimum absolute atomic E-state index is 0. The predicted octanol–water partition coefficient (Wildman–Crippen LogP) is 10.2. The SMILES string of the molecule is CC(C)(C)CC[c-]1cccc1P(c1ccc(C(F)(F)F)cc1)c1ccc(C(F)(F)F)cc1.CC(C)(C)P.[Fe].[cH-]1[cH-][cH-][cH-][cH-]1. The van der Waals surface area contributed by atoms with Gasteiger partial charge in [-0.2, -0.15) is 32.4 Å². The summed E-state index contributed by atoms with van der Waals surface area (Å²) in [5, 5.41) is 2.70. The fourth-order valence-corrected chi connectivity index (χ4v) is 6.19. The quantitative estimate of drug-likeness (QED) is 0.0852. The van der Waals surface area contributed by atoms with Gasteiger partial charge >= 0.3 is 12.4 Å². The Morgan fingerprint density at radius 2 is 1.00 bits per heavy atom. The van der Waals surface area contributed by atoms with Crippen molar-refractivity contribution in [1.29, 1.82) is 0 Å². The predicted molar refractivity (Wildman–Crippen MR) is 170 cm³/mol. The number of hydrogen-bond acceptors (Lipinski definition) is 0. The Hall–Kier alpha value is -1.90. The molecule has 9 heteroatoms. The van der Waals surface area contributed by atoms with E-state index in [4.69, 9.17) is 0 Å². The molecule has 4 aromatic carbocycles. The van der Waals surface area contributed by atoms with Crippen molar-refractivity contribution in [3.05, 3.63) is 114 Å². The van der Waals surface area contributed by atoms with E-state index in [9.17, 15) is 26.3 Å². The smallest absolute Gasteiger partial charge is 0.416 e. The van der Waals surface area contributed by atoms with E-state index in [2.05, 4.69) is 50.8 Å². The van der Waals surface area contributed by atoms with Gasteiger partial charge in [-0.25, -0.2) is 12.1 Å². The molecule has 0 heterocycles. The van der Waals surface area contributed by atoms with Gasteiger partial charge in [-0.15, -0.1) is 20.1 Å².